The molecule has 0 spiro atoms. The van der Waals surface area contributed by atoms with Crippen molar-refractivity contribution < 1.29 is 0 Å². The van der Waals surface area contributed by atoms with Gasteiger partial charge in [0.15, 0.2) is 0 Å². The lowest BCUT2D eigenvalue weighted by Crippen LogP contribution is -2.17. The largest absolute Gasteiger partial charge is 0.100 e. The molecule has 2 aromatic rings. The minimum absolute atomic E-state index is 0.122. The van der Waals surface area contributed by atoms with Crippen LogP contribution in [0.2, 0.25) is 0 Å². The van der Waals surface area contributed by atoms with Gasteiger partial charge in [-0.15, -0.1) is 6.58 Å². The SMILES string of the molecule is C=C(C)CC(C)c1c(C)c(-c2c(C)cc(C)cc2C)cc(C(C)(C)C)c1C. The third-order valence-corrected chi connectivity index (χ3v) is 5.81. The van der Waals surface area contributed by atoms with E-state index in [-0.39, 0.29) is 5.41 Å². The molecule has 0 fully saturated rings. The lowest BCUT2D eigenvalue weighted by Gasteiger charge is -2.30. The van der Waals surface area contributed by atoms with E-state index >= 15 is 0 Å². The zero-order valence-corrected chi connectivity index (χ0v) is 19.2. The van der Waals surface area contributed by atoms with Crippen LogP contribution in [-0.2, 0) is 5.41 Å². The molecular weight excluding hydrogens is 324 g/mol. The van der Waals surface area contributed by atoms with Crippen LogP contribution in [-0.4, -0.2) is 0 Å². The van der Waals surface area contributed by atoms with Crippen molar-refractivity contribution in [3.63, 3.8) is 0 Å². The Morgan fingerprint density at radius 3 is 1.89 bits per heavy atom. The molecule has 0 aliphatic heterocycles. The smallest absolute Gasteiger partial charge is 0.0122 e. The van der Waals surface area contributed by atoms with E-state index in [2.05, 4.69) is 94.0 Å². The van der Waals surface area contributed by atoms with Crippen LogP contribution in [0.5, 0.6) is 0 Å². The van der Waals surface area contributed by atoms with Crippen molar-refractivity contribution in [3.05, 3.63) is 69.3 Å². The first-order valence-corrected chi connectivity index (χ1v) is 10.2. The van der Waals surface area contributed by atoms with Crippen LogP contribution in [0.3, 0.4) is 0 Å². The van der Waals surface area contributed by atoms with Crippen molar-refractivity contribution in [2.24, 2.45) is 0 Å². The highest BCUT2D eigenvalue weighted by molar-refractivity contribution is 5.77. The van der Waals surface area contributed by atoms with Crippen LogP contribution in [0.1, 0.15) is 85.9 Å². The Hall–Kier alpha value is -1.82. The number of benzene rings is 2. The maximum Gasteiger partial charge on any atom is -0.0122 e. The molecule has 0 heterocycles. The number of allylic oxidation sites excluding steroid dienone is 1. The van der Waals surface area contributed by atoms with E-state index in [1.54, 1.807) is 0 Å². The Labute approximate surface area is 167 Å². The van der Waals surface area contributed by atoms with Gasteiger partial charge in [0, 0.05) is 0 Å². The van der Waals surface area contributed by atoms with E-state index in [0.717, 1.165) is 6.42 Å². The van der Waals surface area contributed by atoms with Crippen LogP contribution in [0.15, 0.2) is 30.4 Å². The van der Waals surface area contributed by atoms with Gasteiger partial charge in [0.05, 0.1) is 0 Å². The minimum Gasteiger partial charge on any atom is -0.100 e. The fourth-order valence-corrected chi connectivity index (χ4v) is 4.94. The maximum absolute atomic E-state index is 4.17. The van der Waals surface area contributed by atoms with Gasteiger partial charge in [-0.1, -0.05) is 57.0 Å². The standard InChI is InChI=1S/C27H38/c1-16(2)12-18(4)26-21(7)23(15-24(22(26)8)27(9,10)11)25-19(5)13-17(3)14-20(25)6/h13-15,18H,1,12H2,2-11H3. The summed E-state index contributed by atoms with van der Waals surface area (Å²) in [5, 5.41) is 0. The summed E-state index contributed by atoms with van der Waals surface area (Å²) in [4.78, 5) is 0. The predicted octanol–water partition coefficient (Wildman–Crippen LogP) is 8.26. The Balaban J connectivity index is 2.89. The normalized spacial score (nSPS) is 13.0. The average molecular weight is 363 g/mol. The third-order valence-electron chi connectivity index (χ3n) is 5.81. The molecule has 0 aromatic heterocycles. The van der Waals surface area contributed by atoms with Gasteiger partial charge in [-0.25, -0.2) is 0 Å². The van der Waals surface area contributed by atoms with Gasteiger partial charge in [0.2, 0.25) is 0 Å². The first-order chi connectivity index (χ1) is 12.3. The fourth-order valence-electron chi connectivity index (χ4n) is 4.94. The highest BCUT2D eigenvalue weighted by atomic mass is 14.3. The second kappa shape index (κ2) is 7.66. The summed E-state index contributed by atoms with van der Waals surface area (Å²) in [5.74, 6) is 0.481. The minimum atomic E-state index is 0.122. The lowest BCUT2D eigenvalue weighted by molar-refractivity contribution is 0.582. The third kappa shape index (κ3) is 4.37. The summed E-state index contributed by atoms with van der Waals surface area (Å²) in [5.41, 5.74) is 14.1. The lowest BCUT2D eigenvalue weighted by atomic mass is 9.75. The summed E-state index contributed by atoms with van der Waals surface area (Å²) < 4.78 is 0. The van der Waals surface area contributed by atoms with Crippen LogP contribution in [0, 0.1) is 34.6 Å². The van der Waals surface area contributed by atoms with Crippen LogP contribution in [0.25, 0.3) is 11.1 Å². The molecule has 0 N–H and O–H groups in total. The molecule has 0 aliphatic carbocycles. The van der Waals surface area contributed by atoms with Crippen molar-refractivity contribution in [1.29, 1.82) is 0 Å². The second-order valence-electron chi connectivity index (χ2n) is 9.72. The highest BCUT2D eigenvalue weighted by Gasteiger charge is 2.25. The Kier molecular flexibility index (Phi) is 6.10. The topological polar surface area (TPSA) is 0 Å². The van der Waals surface area contributed by atoms with E-state index in [4.69, 9.17) is 0 Å². The molecule has 0 nitrogen and oxygen atoms in total. The van der Waals surface area contributed by atoms with Crippen molar-refractivity contribution >= 4 is 0 Å². The van der Waals surface area contributed by atoms with Crippen LogP contribution in [0.4, 0.5) is 0 Å². The van der Waals surface area contributed by atoms with Gasteiger partial charge in [0.25, 0.3) is 0 Å². The number of rotatable bonds is 4. The summed E-state index contributed by atoms with van der Waals surface area (Å²) in [7, 11) is 0. The molecule has 0 bridgehead atoms. The van der Waals surface area contributed by atoms with Crippen molar-refractivity contribution in [3.8, 4) is 11.1 Å². The van der Waals surface area contributed by atoms with E-state index in [0.29, 0.717) is 5.92 Å². The predicted molar refractivity (Wildman–Crippen MR) is 122 cm³/mol. The van der Waals surface area contributed by atoms with Crippen molar-refractivity contribution in [1.82, 2.24) is 0 Å². The Morgan fingerprint density at radius 2 is 1.44 bits per heavy atom. The highest BCUT2D eigenvalue weighted by Crippen LogP contribution is 2.42. The van der Waals surface area contributed by atoms with Crippen LogP contribution >= 0.6 is 0 Å². The first kappa shape index (κ1) is 21.5. The Morgan fingerprint density at radius 1 is 0.926 bits per heavy atom. The molecule has 27 heavy (non-hydrogen) atoms. The second-order valence-corrected chi connectivity index (χ2v) is 9.72. The quantitative estimate of drug-likeness (QED) is 0.480. The average Bonchev–Trinajstić information content (AvgIpc) is 2.46. The molecule has 0 saturated heterocycles. The molecule has 2 aromatic carbocycles. The molecule has 0 saturated carbocycles. The number of hydrogen-bond donors (Lipinski definition) is 0. The van der Waals surface area contributed by atoms with E-state index in [1.807, 2.05) is 0 Å². The molecule has 2 rings (SSSR count). The molecular formula is C27H38. The van der Waals surface area contributed by atoms with Crippen LogP contribution < -0.4 is 0 Å². The molecule has 0 radical (unpaired) electrons. The summed E-state index contributed by atoms with van der Waals surface area (Å²) in [6, 6.07) is 7.09. The van der Waals surface area contributed by atoms with Gasteiger partial charge in [-0.05, 0) is 104 Å². The number of aryl methyl sites for hydroxylation is 3. The van der Waals surface area contributed by atoms with Gasteiger partial charge in [-0.3, -0.25) is 0 Å². The van der Waals surface area contributed by atoms with Crippen molar-refractivity contribution in [2.75, 3.05) is 0 Å². The van der Waals surface area contributed by atoms with E-state index in [1.165, 1.54) is 55.6 Å². The fraction of sp³-hybridized carbons (Fsp3) is 0.481. The molecule has 0 aliphatic rings. The van der Waals surface area contributed by atoms with Gasteiger partial charge >= 0.3 is 0 Å². The zero-order chi connectivity index (χ0) is 20.7. The number of hydrogen-bond acceptors (Lipinski definition) is 0. The van der Waals surface area contributed by atoms with Gasteiger partial charge in [-0.2, -0.15) is 0 Å². The Bertz CT molecular complexity index is 849. The van der Waals surface area contributed by atoms with Gasteiger partial charge in [0.1, 0.15) is 0 Å². The summed E-state index contributed by atoms with van der Waals surface area (Å²) in [6.45, 7) is 27.0. The van der Waals surface area contributed by atoms with E-state index in [9.17, 15) is 0 Å². The summed E-state index contributed by atoms with van der Waals surface area (Å²) >= 11 is 0. The summed E-state index contributed by atoms with van der Waals surface area (Å²) in [6.07, 6.45) is 1.04. The molecule has 1 unspecified atom stereocenters. The van der Waals surface area contributed by atoms with Gasteiger partial charge < -0.3 is 0 Å². The monoisotopic (exact) mass is 362 g/mol. The molecule has 0 amide bonds. The maximum atomic E-state index is 4.17. The molecule has 0 heteroatoms. The van der Waals surface area contributed by atoms with E-state index < -0.39 is 0 Å². The first-order valence-electron chi connectivity index (χ1n) is 10.2. The molecule has 1 atom stereocenters. The molecule has 146 valence electrons. The zero-order valence-electron chi connectivity index (χ0n) is 19.2. The van der Waals surface area contributed by atoms with Crippen molar-refractivity contribution in [2.45, 2.75) is 87.0 Å².